The summed E-state index contributed by atoms with van der Waals surface area (Å²) in [6.45, 7) is 3.07. The van der Waals surface area contributed by atoms with Crippen molar-refractivity contribution in [2.45, 2.75) is 24.3 Å². The number of aromatic amines is 1. The van der Waals surface area contributed by atoms with Gasteiger partial charge in [-0.25, -0.2) is 17.9 Å². The number of carbonyl (C=O) groups is 1. The molecular weight excluding hydrogens is 354 g/mol. The van der Waals surface area contributed by atoms with Gasteiger partial charge in [-0.1, -0.05) is 24.3 Å². The summed E-state index contributed by atoms with van der Waals surface area (Å²) in [7, 11) is -2.40. The smallest absolute Gasteiger partial charge is 0.354 e. The largest absolute Gasteiger partial charge is 0.464 e. The van der Waals surface area contributed by atoms with Gasteiger partial charge in [-0.2, -0.15) is 0 Å². The molecule has 0 bridgehead atoms. The molecule has 26 heavy (non-hydrogen) atoms. The summed E-state index contributed by atoms with van der Waals surface area (Å²) in [5.41, 5.74) is 2.86. The predicted molar refractivity (Wildman–Crippen MR) is 97.4 cm³/mol. The second kappa shape index (κ2) is 8.03. The van der Waals surface area contributed by atoms with E-state index in [4.69, 9.17) is 0 Å². The number of nitrogens with zero attached hydrogens (tertiary/aromatic N) is 1. The highest BCUT2D eigenvalue weighted by molar-refractivity contribution is 7.89. The fourth-order valence-corrected chi connectivity index (χ4v) is 4.16. The van der Waals surface area contributed by atoms with E-state index in [2.05, 4.69) is 43.6 Å². The van der Waals surface area contributed by atoms with Gasteiger partial charge in [-0.3, -0.25) is 4.90 Å². The average molecular weight is 377 g/mol. The van der Waals surface area contributed by atoms with Crippen LogP contribution >= 0.6 is 0 Å². The number of ether oxygens (including phenoxy) is 1. The Morgan fingerprint density at radius 2 is 2.08 bits per heavy atom. The zero-order valence-electron chi connectivity index (χ0n) is 14.7. The predicted octanol–water partition coefficient (Wildman–Crippen LogP) is 1.53. The van der Waals surface area contributed by atoms with Crippen molar-refractivity contribution in [2.24, 2.45) is 0 Å². The Morgan fingerprint density at radius 3 is 2.85 bits per heavy atom. The third kappa shape index (κ3) is 4.32. The highest BCUT2D eigenvalue weighted by Crippen LogP contribution is 2.18. The molecule has 1 aliphatic heterocycles. The summed E-state index contributed by atoms with van der Waals surface area (Å²) < 4.78 is 31.7. The van der Waals surface area contributed by atoms with Gasteiger partial charge in [0.1, 0.15) is 10.6 Å². The lowest BCUT2D eigenvalue weighted by Crippen LogP contribution is -2.33. The van der Waals surface area contributed by atoms with Gasteiger partial charge in [0.15, 0.2) is 0 Å². The Balaban J connectivity index is 1.47. The van der Waals surface area contributed by atoms with Gasteiger partial charge in [0.2, 0.25) is 10.0 Å². The summed E-state index contributed by atoms with van der Waals surface area (Å²) in [6.07, 6.45) is 3.04. The standard InChI is InChI=1S/C18H23N3O4S/c1-25-18(22)17-11-16(12-19-17)26(23,24)20-8-4-9-21-10-7-14-5-2-3-6-15(14)13-21/h2-3,5-6,11-12,19-20H,4,7-10,13H2,1H3. The van der Waals surface area contributed by atoms with Crippen molar-refractivity contribution in [3.8, 4) is 0 Å². The Bertz CT molecular complexity index is 876. The van der Waals surface area contributed by atoms with E-state index in [0.717, 1.165) is 32.5 Å². The molecule has 2 aromatic rings. The fourth-order valence-electron chi connectivity index (χ4n) is 3.09. The van der Waals surface area contributed by atoms with E-state index < -0.39 is 16.0 Å². The van der Waals surface area contributed by atoms with Gasteiger partial charge in [0, 0.05) is 25.8 Å². The summed E-state index contributed by atoms with van der Waals surface area (Å²) in [6, 6.07) is 9.71. The molecule has 1 aromatic carbocycles. The van der Waals surface area contributed by atoms with Gasteiger partial charge < -0.3 is 9.72 Å². The maximum Gasteiger partial charge on any atom is 0.354 e. The molecule has 0 saturated heterocycles. The summed E-state index contributed by atoms with van der Waals surface area (Å²) in [4.78, 5) is 16.4. The van der Waals surface area contributed by atoms with Crippen LogP contribution in [-0.4, -0.2) is 51.0 Å². The quantitative estimate of drug-likeness (QED) is 0.564. The zero-order valence-corrected chi connectivity index (χ0v) is 15.5. The number of carbonyl (C=O) groups excluding carboxylic acids is 1. The third-order valence-corrected chi connectivity index (χ3v) is 5.97. The second-order valence-electron chi connectivity index (χ2n) is 6.29. The second-order valence-corrected chi connectivity index (χ2v) is 8.05. The molecule has 3 rings (SSSR count). The number of benzene rings is 1. The summed E-state index contributed by atoms with van der Waals surface area (Å²) >= 11 is 0. The number of nitrogens with one attached hydrogen (secondary N) is 2. The molecule has 1 aliphatic rings. The van der Waals surface area contributed by atoms with Crippen molar-refractivity contribution in [3.63, 3.8) is 0 Å². The molecule has 7 nitrogen and oxygen atoms in total. The van der Waals surface area contributed by atoms with Crippen molar-refractivity contribution in [1.29, 1.82) is 0 Å². The number of hydrogen-bond acceptors (Lipinski definition) is 5. The van der Waals surface area contributed by atoms with Crippen molar-refractivity contribution >= 4 is 16.0 Å². The Kier molecular flexibility index (Phi) is 5.75. The number of aromatic nitrogens is 1. The van der Waals surface area contributed by atoms with Gasteiger partial charge >= 0.3 is 5.97 Å². The molecule has 1 aromatic heterocycles. The average Bonchev–Trinajstić information content (AvgIpc) is 3.16. The highest BCUT2D eigenvalue weighted by Gasteiger charge is 2.19. The molecule has 0 fully saturated rings. The van der Waals surface area contributed by atoms with Crippen LogP contribution in [0.5, 0.6) is 0 Å². The van der Waals surface area contributed by atoms with Gasteiger partial charge in [0.05, 0.1) is 7.11 Å². The number of fused-ring (bicyclic) bond motifs is 1. The third-order valence-electron chi connectivity index (χ3n) is 4.53. The minimum Gasteiger partial charge on any atom is -0.464 e. The maximum absolute atomic E-state index is 12.3. The molecule has 0 atom stereocenters. The fraction of sp³-hybridized carbons (Fsp3) is 0.389. The number of esters is 1. The van der Waals surface area contributed by atoms with Crippen LogP contribution in [0.25, 0.3) is 0 Å². The molecule has 2 heterocycles. The number of sulfonamides is 1. The van der Waals surface area contributed by atoms with Crippen molar-refractivity contribution in [1.82, 2.24) is 14.6 Å². The van der Waals surface area contributed by atoms with Gasteiger partial charge in [0.25, 0.3) is 0 Å². The van der Waals surface area contributed by atoms with Crippen molar-refractivity contribution in [2.75, 3.05) is 26.7 Å². The first-order valence-electron chi connectivity index (χ1n) is 8.55. The van der Waals surface area contributed by atoms with Crippen molar-refractivity contribution < 1.29 is 17.9 Å². The lowest BCUT2D eigenvalue weighted by molar-refractivity contribution is 0.0594. The number of hydrogen-bond donors (Lipinski definition) is 2. The Hall–Kier alpha value is -2.16. The minimum atomic E-state index is -3.64. The SMILES string of the molecule is COC(=O)c1cc(S(=O)(=O)NCCCN2CCc3ccccc3C2)c[nH]1. The molecule has 0 unspecified atom stereocenters. The Morgan fingerprint density at radius 1 is 1.31 bits per heavy atom. The highest BCUT2D eigenvalue weighted by atomic mass is 32.2. The molecule has 0 radical (unpaired) electrons. The van der Waals surface area contributed by atoms with Gasteiger partial charge in [-0.15, -0.1) is 0 Å². The van der Waals surface area contributed by atoms with E-state index in [1.54, 1.807) is 0 Å². The normalized spacial score (nSPS) is 14.8. The van der Waals surface area contributed by atoms with E-state index in [1.807, 2.05) is 0 Å². The number of rotatable bonds is 7. The van der Waals surface area contributed by atoms with E-state index in [0.29, 0.717) is 6.54 Å². The first-order valence-corrected chi connectivity index (χ1v) is 10.0. The summed E-state index contributed by atoms with van der Waals surface area (Å²) in [5, 5.41) is 0. The van der Waals surface area contributed by atoms with Crippen LogP contribution in [0.2, 0.25) is 0 Å². The van der Waals surface area contributed by atoms with E-state index in [1.165, 1.54) is 30.5 Å². The monoisotopic (exact) mass is 377 g/mol. The van der Waals surface area contributed by atoms with E-state index in [9.17, 15) is 13.2 Å². The van der Waals surface area contributed by atoms with Crippen LogP contribution in [0.4, 0.5) is 0 Å². The van der Waals surface area contributed by atoms with Crippen LogP contribution in [0.3, 0.4) is 0 Å². The molecule has 140 valence electrons. The van der Waals surface area contributed by atoms with Crippen LogP contribution in [0.1, 0.15) is 28.0 Å². The van der Waals surface area contributed by atoms with Crippen LogP contribution in [0, 0.1) is 0 Å². The topological polar surface area (TPSA) is 91.5 Å². The molecular formula is C18H23N3O4S. The molecule has 0 spiro atoms. The van der Waals surface area contributed by atoms with Crippen molar-refractivity contribution in [3.05, 3.63) is 53.3 Å². The molecule has 0 amide bonds. The van der Waals surface area contributed by atoms with Gasteiger partial charge in [-0.05, 0) is 36.6 Å². The molecule has 8 heteroatoms. The molecule has 0 saturated carbocycles. The summed E-state index contributed by atoms with van der Waals surface area (Å²) in [5.74, 6) is -0.600. The molecule has 0 aliphatic carbocycles. The van der Waals surface area contributed by atoms with Crippen LogP contribution < -0.4 is 4.72 Å². The first kappa shape index (κ1) is 18.6. The first-order chi connectivity index (χ1) is 12.5. The maximum atomic E-state index is 12.3. The minimum absolute atomic E-state index is 0.0322. The Labute approximate surface area is 153 Å². The number of methoxy groups -OCH3 is 1. The van der Waals surface area contributed by atoms with Crippen LogP contribution in [0.15, 0.2) is 41.4 Å². The zero-order chi connectivity index (χ0) is 18.6. The lowest BCUT2D eigenvalue weighted by atomic mass is 10.00. The molecule has 2 N–H and O–H groups in total. The number of H-pyrrole nitrogens is 1. The lowest BCUT2D eigenvalue weighted by Gasteiger charge is -2.28. The van der Waals surface area contributed by atoms with Crippen LogP contribution in [-0.2, 0) is 27.7 Å². The van der Waals surface area contributed by atoms with E-state index >= 15 is 0 Å². The van der Waals surface area contributed by atoms with E-state index in [-0.39, 0.29) is 10.6 Å².